The van der Waals surface area contributed by atoms with Gasteiger partial charge in [0.25, 0.3) is 0 Å². The Morgan fingerprint density at radius 3 is 2.87 bits per heavy atom. The molecule has 0 amide bonds. The number of aromatic nitrogens is 1. The van der Waals surface area contributed by atoms with E-state index < -0.39 is 0 Å². The average Bonchev–Trinajstić information content (AvgIpc) is 2.48. The summed E-state index contributed by atoms with van der Waals surface area (Å²) < 4.78 is 5.47. The van der Waals surface area contributed by atoms with E-state index in [0.29, 0.717) is 23.9 Å². The van der Waals surface area contributed by atoms with Gasteiger partial charge in [0.05, 0.1) is 0 Å². The quantitative estimate of drug-likeness (QED) is 0.887. The first-order valence-electron chi connectivity index (χ1n) is 4.46. The highest BCUT2D eigenvalue weighted by Gasteiger charge is 2.07. The molecule has 0 saturated heterocycles. The van der Waals surface area contributed by atoms with Crippen LogP contribution in [0, 0.1) is 6.92 Å². The number of halogens is 2. The van der Waals surface area contributed by atoms with Crippen LogP contribution >= 0.6 is 24.0 Å². The second kappa shape index (κ2) is 4.84. The third-order valence-corrected chi connectivity index (χ3v) is 2.48. The molecule has 0 bridgehead atoms. The van der Waals surface area contributed by atoms with E-state index in [1.807, 2.05) is 13.0 Å². The summed E-state index contributed by atoms with van der Waals surface area (Å²) in [7, 11) is 0. The maximum Gasteiger partial charge on any atom is 0.196 e. The Morgan fingerprint density at radius 2 is 2.20 bits per heavy atom. The Kier molecular flexibility index (Phi) is 3.97. The van der Waals surface area contributed by atoms with Crippen molar-refractivity contribution in [2.75, 3.05) is 6.54 Å². The summed E-state index contributed by atoms with van der Waals surface area (Å²) >= 11 is 5.96. The number of hydrogen-bond donors (Lipinski definition) is 1. The largest absolute Gasteiger partial charge is 0.441 e. The van der Waals surface area contributed by atoms with Crippen LogP contribution in [0.25, 0.3) is 11.1 Å². The lowest BCUT2D eigenvalue weighted by atomic mass is 10.2. The summed E-state index contributed by atoms with van der Waals surface area (Å²) in [6, 6.07) is 3.71. The Bertz CT molecular complexity index is 429. The van der Waals surface area contributed by atoms with Gasteiger partial charge in [-0.1, -0.05) is 11.6 Å². The normalized spacial score (nSPS) is 10.3. The fourth-order valence-corrected chi connectivity index (χ4v) is 1.49. The van der Waals surface area contributed by atoms with E-state index in [1.165, 1.54) is 0 Å². The SMILES string of the molecule is Cc1cc2nc(CCN)oc2cc1Cl.Cl. The molecule has 2 N–H and O–H groups in total. The predicted molar refractivity (Wildman–Crippen MR) is 63.8 cm³/mol. The third-order valence-electron chi connectivity index (χ3n) is 2.07. The van der Waals surface area contributed by atoms with Crippen LogP contribution in [-0.2, 0) is 6.42 Å². The Hall–Kier alpha value is -0.770. The van der Waals surface area contributed by atoms with E-state index >= 15 is 0 Å². The van der Waals surface area contributed by atoms with E-state index in [0.717, 1.165) is 16.7 Å². The Morgan fingerprint density at radius 1 is 1.47 bits per heavy atom. The molecule has 0 unspecified atom stereocenters. The van der Waals surface area contributed by atoms with Gasteiger partial charge >= 0.3 is 0 Å². The number of rotatable bonds is 2. The number of hydrogen-bond acceptors (Lipinski definition) is 3. The molecule has 0 saturated carbocycles. The molecule has 82 valence electrons. The Labute approximate surface area is 99.0 Å². The van der Waals surface area contributed by atoms with Crippen molar-refractivity contribution in [3.8, 4) is 0 Å². The van der Waals surface area contributed by atoms with Crippen LogP contribution in [0.1, 0.15) is 11.5 Å². The number of oxazole rings is 1. The molecule has 1 heterocycles. The number of fused-ring (bicyclic) bond motifs is 1. The molecule has 2 rings (SSSR count). The molecule has 0 atom stereocenters. The molecular formula is C10H12Cl2N2O. The first-order chi connectivity index (χ1) is 6.70. The van der Waals surface area contributed by atoms with Crippen molar-refractivity contribution < 1.29 is 4.42 Å². The van der Waals surface area contributed by atoms with Gasteiger partial charge in [-0.25, -0.2) is 4.98 Å². The first-order valence-corrected chi connectivity index (χ1v) is 4.84. The molecule has 15 heavy (non-hydrogen) atoms. The molecule has 0 aliphatic heterocycles. The van der Waals surface area contributed by atoms with E-state index in [4.69, 9.17) is 21.8 Å². The van der Waals surface area contributed by atoms with Crippen LogP contribution in [0.3, 0.4) is 0 Å². The molecular weight excluding hydrogens is 235 g/mol. The lowest BCUT2D eigenvalue weighted by Crippen LogP contribution is -2.02. The molecule has 0 fully saturated rings. The summed E-state index contributed by atoms with van der Waals surface area (Å²) in [5, 5.41) is 0.702. The number of nitrogens with zero attached hydrogens (tertiary/aromatic N) is 1. The number of nitrogens with two attached hydrogens (primary N) is 1. The summed E-state index contributed by atoms with van der Waals surface area (Å²) in [6.07, 6.45) is 0.658. The molecule has 0 spiro atoms. The maximum absolute atomic E-state index is 5.96. The highest BCUT2D eigenvalue weighted by Crippen LogP contribution is 2.23. The summed E-state index contributed by atoms with van der Waals surface area (Å²) in [4.78, 5) is 4.30. The molecule has 1 aromatic carbocycles. The number of benzene rings is 1. The van der Waals surface area contributed by atoms with Crippen LogP contribution in [-0.4, -0.2) is 11.5 Å². The Balaban J connectivity index is 0.00000112. The minimum absolute atomic E-state index is 0. The zero-order chi connectivity index (χ0) is 10.1. The van der Waals surface area contributed by atoms with Crippen LogP contribution in [0.15, 0.2) is 16.5 Å². The molecule has 1 aromatic heterocycles. The van der Waals surface area contributed by atoms with Crippen LogP contribution in [0.2, 0.25) is 5.02 Å². The monoisotopic (exact) mass is 246 g/mol. The van der Waals surface area contributed by atoms with E-state index in [9.17, 15) is 0 Å². The minimum atomic E-state index is 0. The molecule has 3 nitrogen and oxygen atoms in total. The lowest BCUT2D eigenvalue weighted by molar-refractivity contribution is 0.531. The van der Waals surface area contributed by atoms with Gasteiger partial charge in [0.1, 0.15) is 5.52 Å². The maximum atomic E-state index is 5.96. The van der Waals surface area contributed by atoms with Gasteiger partial charge in [-0.05, 0) is 18.6 Å². The molecule has 2 aromatic rings. The van der Waals surface area contributed by atoms with Crippen molar-refractivity contribution in [1.29, 1.82) is 0 Å². The summed E-state index contributed by atoms with van der Waals surface area (Å²) in [6.45, 7) is 2.48. The van der Waals surface area contributed by atoms with Crippen molar-refractivity contribution in [2.24, 2.45) is 5.73 Å². The summed E-state index contributed by atoms with van der Waals surface area (Å²) in [5.74, 6) is 0.671. The average molecular weight is 247 g/mol. The zero-order valence-corrected chi connectivity index (χ0v) is 9.86. The second-order valence-electron chi connectivity index (χ2n) is 3.22. The van der Waals surface area contributed by atoms with Crippen molar-refractivity contribution in [3.05, 3.63) is 28.6 Å². The summed E-state index contributed by atoms with van der Waals surface area (Å²) in [5.41, 5.74) is 7.99. The minimum Gasteiger partial charge on any atom is -0.441 e. The van der Waals surface area contributed by atoms with E-state index in [1.54, 1.807) is 6.07 Å². The van der Waals surface area contributed by atoms with Crippen molar-refractivity contribution >= 4 is 35.1 Å². The van der Waals surface area contributed by atoms with Gasteiger partial charge in [0, 0.05) is 24.1 Å². The van der Waals surface area contributed by atoms with E-state index in [2.05, 4.69) is 4.98 Å². The van der Waals surface area contributed by atoms with Gasteiger partial charge in [0.15, 0.2) is 11.5 Å². The van der Waals surface area contributed by atoms with Gasteiger partial charge in [0.2, 0.25) is 0 Å². The fraction of sp³-hybridized carbons (Fsp3) is 0.300. The molecule has 0 aliphatic rings. The third kappa shape index (κ3) is 2.43. The zero-order valence-electron chi connectivity index (χ0n) is 8.29. The predicted octanol–water partition coefficient (Wildman–Crippen LogP) is 2.71. The smallest absolute Gasteiger partial charge is 0.196 e. The van der Waals surface area contributed by atoms with Gasteiger partial charge in [-0.2, -0.15) is 0 Å². The standard InChI is InChI=1S/C10H11ClN2O.ClH/c1-6-4-8-9(5-7(6)11)14-10(13-8)2-3-12;/h4-5H,2-3,12H2,1H3;1H. The first kappa shape index (κ1) is 12.3. The van der Waals surface area contributed by atoms with Crippen LogP contribution in [0.5, 0.6) is 0 Å². The molecule has 5 heteroatoms. The van der Waals surface area contributed by atoms with Gasteiger partial charge in [-0.15, -0.1) is 12.4 Å². The topological polar surface area (TPSA) is 52.0 Å². The lowest BCUT2D eigenvalue weighted by Gasteiger charge is -1.94. The van der Waals surface area contributed by atoms with Gasteiger partial charge in [-0.3, -0.25) is 0 Å². The van der Waals surface area contributed by atoms with Crippen LogP contribution in [0.4, 0.5) is 0 Å². The second-order valence-corrected chi connectivity index (χ2v) is 3.62. The van der Waals surface area contributed by atoms with Crippen molar-refractivity contribution in [1.82, 2.24) is 4.98 Å². The number of aryl methyl sites for hydroxylation is 1. The van der Waals surface area contributed by atoms with Gasteiger partial charge < -0.3 is 10.2 Å². The highest BCUT2D eigenvalue weighted by molar-refractivity contribution is 6.31. The van der Waals surface area contributed by atoms with Crippen molar-refractivity contribution in [2.45, 2.75) is 13.3 Å². The van der Waals surface area contributed by atoms with Crippen molar-refractivity contribution in [3.63, 3.8) is 0 Å². The van der Waals surface area contributed by atoms with Crippen LogP contribution < -0.4 is 5.73 Å². The fourth-order valence-electron chi connectivity index (χ4n) is 1.33. The molecule has 0 aliphatic carbocycles. The molecule has 0 radical (unpaired) electrons. The highest BCUT2D eigenvalue weighted by atomic mass is 35.5. The van der Waals surface area contributed by atoms with E-state index in [-0.39, 0.29) is 12.4 Å².